The first kappa shape index (κ1) is 14.1. The van der Waals surface area contributed by atoms with E-state index in [9.17, 15) is 4.79 Å². The molecule has 1 aliphatic carbocycles. The number of hydrogen-bond acceptors (Lipinski definition) is 2. The van der Waals surface area contributed by atoms with E-state index in [1.54, 1.807) is 0 Å². The number of benzene rings is 1. The van der Waals surface area contributed by atoms with Crippen LogP contribution in [0.4, 0.5) is 0 Å². The largest absolute Gasteiger partial charge is 0.494 e. The van der Waals surface area contributed by atoms with Crippen molar-refractivity contribution in [2.24, 2.45) is 5.92 Å². The molecule has 2 heteroatoms. The molecule has 1 aromatic carbocycles. The number of rotatable bonds is 4. The second-order valence-electron chi connectivity index (χ2n) is 5.56. The topological polar surface area (TPSA) is 26.3 Å². The molecular formula is C17H24O2. The van der Waals surface area contributed by atoms with Crippen LogP contribution in [0.5, 0.6) is 5.75 Å². The SMILES string of the molecule is CCOc1cc(C)c(C(=O)C2CCCCC2)c(C)c1. The lowest BCUT2D eigenvalue weighted by atomic mass is 9.82. The maximum Gasteiger partial charge on any atom is 0.166 e. The van der Waals surface area contributed by atoms with Crippen LogP contribution in [0, 0.1) is 19.8 Å². The Hall–Kier alpha value is -1.31. The molecule has 0 radical (unpaired) electrons. The Kier molecular flexibility index (Phi) is 4.62. The van der Waals surface area contributed by atoms with Gasteiger partial charge in [0.1, 0.15) is 5.75 Å². The van der Waals surface area contributed by atoms with Gasteiger partial charge in [0, 0.05) is 11.5 Å². The highest BCUT2D eigenvalue weighted by Gasteiger charge is 2.25. The number of ketones is 1. The van der Waals surface area contributed by atoms with Gasteiger partial charge in [0.2, 0.25) is 0 Å². The molecule has 0 saturated heterocycles. The maximum absolute atomic E-state index is 12.7. The van der Waals surface area contributed by atoms with E-state index in [1.807, 2.05) is 32.9 Å². The molecule has 0 heterocycles. The van der Waals surface area contributed by atoms with Gasteiger partial charge in [-0.1, -0.05) is 19.3 Å². The molecule has 1 fully saturated rings. The van der Waals surface area contributed by atoms with Crippen molar-refractivity contribution in [2.45, 2.75) is 52.9 Å². The van der Waals surface area contributed by atoms with Gasteiger partial charge in [0.15, 0.2) is 5.78 Å². The molecule has 0 aliphatic heterocycles. The monoisotopic (exact) mass is 260 g/mol. The van der Waals surface area contributed by atoms with Crippen LogP contribution in [0.25, 0.3) is 0 Å². The third-order valence-electron chi connectivity index (χ3n) is 4.04. The molecule has 19 heavy (non-hydrogen) atoms. The summed E-state index contributed by atoms with van der Waals surface area (Å²) in [6.07, 6.45) is 5.80. The molecule has 1 aromatic rings. The van der Waals surface area contributed by atoms with E-state index in [4.69, 9.17) is 4.74 Å². The van der Waals surface area contributed by atoms with Crippen LogP contribution in [-0.2, 0) is 0 Å². The second-order valence-corrected chi connectivity index (χ2v) is 5.56. The molecule has 0 unspecified atom stereocenters. The first-order valence-electron chi connectivity index (χ1n) is 7.41. The number of hydrogen-bond donors (Lipinski definition) is 0. The molecule has 1 saturated carbocycles. The first-order valence-corrected chi connectivity index (χ1v) is 7.41. The zero-order chi connectivity index (χ0) is 13.8. The third-order valence-corrected chi connectivity index (χ3v) is 4.04. The minimum Gasteiger partial charge on any atom is -0.494 e. The van der Waals surface area contributed by atoms with Gasteiger partial charge in [-0.3, -0.25) is 4.79 Å². The predicted molar refractivity (Wildman–Crippen MR) is 78.0 cm³/mol. The predicted octanol–water partition coefficient (Wildman–Crippen LogP) is 4.47. The van der Waals surface area contributed by atoms with Crippen LogP contribution in [-0.4, -0.2) is 12.4 Å². The van der Waals surface area contributed by atoms with E-state index in [1.165, 1.54) is 19.3 Å². The number of aryl methyl sites for hydroxylation is 2. The van der Waals surface area contributed by atoms with Crippen LogP contribution in [0.3, 0.4) is 0 Å². The fourth-order valence-corrected chi connectivity index (χ4v) is 3.13. The van der Waals surface area contributed by atoms with Crippen LogP contribution >= 0.6 is 0 Å². The van der Waals surface area contributed by atoms with Crippen LogP contribution < -0.4 is 4.74 Å². The van der Waals surface area contributed by atoms with E-state index in [-0.39, 0.29) is 5.92 Å². The van der Waals surface area contributed by atoms with Crippen molar-refractivity contribution in [3.05, 3.63) is 28.8 Å². The molecule has 0 atom stereocenters. The highest BCUT2D eigenvalue weighted by atomic mass is 16.5. The minimum absolute atomic E-state index is 0.240. The Balaban J connectivity index is 2.25. The average Bonchev–Trinajstić information content (AvgIpc) is 2.39. The summed E-state index contributed by atoms with van der Waals surface area (Å²) in [6, 6.07) is 3.99. The van der Waals surface area contributed by atoms with Crippen molar-refractivity contribution in [3.8, 4) is 5.75 Å². The summed E-state index contributed by atoms with van der Waals surface area (Å²) in [7, 11) is 0. The summed E-state index contributed by atoms with van der Waals surface area (Å²) in [4.78, 5) is 12.7. The molecule has 0 bridgehead atoms. The molecule has 0 spiro atoms. The third kappa shape index (κ3) is 3.17. The second kappa shape index (κ2) is 6.23. The van der Waals surface area contributed by atoms with E-state index < -0.39 is 0 Å². The van der Waals surface area contributed by atoms with Crippen molar-refractivity contribution < 1.29 is 9.53 Å². The Morgan fingerprint density at radius 2 is 1.74 bits per heavy atom. The molecule has 1 aliphatic rings. The maximum atomic E-state index is 12.7. The number of ether oxygens (including phenoxy) is 1. The zero-order valence-electron chi connectivity index (χ0n) is 12.3. The van der Waals surface area contributed by atoms with Gasteiger partial charge < -0.3 is 4.74 Å². The number of carbonyl (C=O) groups excluding carboxylic acids is 1. The van der Waals surface area contributed by atoms with Gasteiger partial charge in [-0.15, -0.1) is 0 Å². The van der Waals surface area contributed by atoms with Gasteiger partial charge in [-0.25, -0.2) is 0 Å². The fraction of sp³-hybridized carbons (Fsp3) is 0.588. The summed E-state index contributed by atoms with van der Waals surface area (Å²) in [6.45, 7) is 6.68. The fourth-order valence-electron chi connectivity index (χ4n) is 3.13. The van der Waals surface area contributed by atoms with E-state index in [0.717, 1.165) is 35.3 Å². The molecule has 0 aromatic heterocycles. The first-order chi connectivity index (χ1) is 9.13. The summed E-state index contributed by atoms with van der Waals surface area (Å²) in [5, 5.41) is 0. The summed E-state index contributed by atoms with van der Waals surface area (Å²) >= 11 is 0. The van der Waals surface area contributed by atoms with Crippen molar-refractivity contribution in [3.63, 3.8) is 0 Å². The van der Waals surface area contributed by atoms with E-state index >= 15 is 0 Å². The molecule has 0 amide bonds. The minimum atomic E-state index is 0.240. The van der Waals surface area contributed by atoms with Gasteiger partial charge in [-0.05, 0) is 56.9 Å². The summed E-state index contributed by atoms with van der Waals surface area (Å²) in [5.41, 5.74) is 3.04. The lowest BCUT2D eigenvalue weighted by molar-refractivity contribution is 0.0888. The lowest BCUT2D eigenvalue weighted by Gasteiger charge is -2.22. The zero-order valence-corrected chi connectivity index (χ0v) is 12.3. The van der Waals surface area contributed by atoms with Crippen molar-refractivity contribution in [2.75, 3.05) is 6.61 Å². The van der Waals surface area contributed by atoms with Gasteiger partial charge in [0.05, 0.1) is 6.61 Å². The van der Waals surface area contributed by atoms with E-state index in [2.05, 4.69) is 0 Å². The van der Waals surface area contributed by atoms with Crippen molar-refractivity contribution in [1.29, 1.82) is 0 Å². The smallest absolute Gasteiger partial charge is 0.166 e. The molecule has 2 nitrogen and oxygen atoms in total. The number of Topliss-reactive ketones (excluding diaryl/α,β-unsaturated/α-hetero) is 1. The highest BCUT2D eigenvalue weighted by Crippen LogP contribution is 2.30. The molecule has 2 rings (SSSR count). The Morgan fingerprint density at radius 1 is 1.16 bits per heavy atom. The Bertz CT molecular complexity index is 433. The average molecular weight is 260 g/mol. The van der Waals surface area contributed by atoms with Gasteiger partial charge in [-0.2, -0.15) is 0 Å². The van der Waals surface area contributed by atoms with E-state index in [0.29, 0.717) is 12.4 Å². The normalized spacial score (nSPS) is 16.4. The standard InChI is InChI=1S/C17H24O2/c1-4-19-15-10-12(2)16(13(3)11-15)17(18)14-8-6-5-7-9-14/h10-11,14H,4-9H2,1-3H3. The summed E-state index contributed by atoms with van der Waals surface area (Å²) < 4.78 is 5.54. The summed E-state index contributed by atoms with van der Waals surface area (Å²) in [5.74, 6) is 1.46. The molecule has 104 valence electrons. The Labute approximate surface area is 116 Å². The molecular weight excluding hydrogens is 236 g/mol. The van der Waals surface area contributed by atoms with Gasteiger partial charge in [0.25, 0.3) is 0 Å². The molecule has 0 N–H and O–H groups in total. The number of carbonyl (C=O) groups is 1. The van der Waals surface area contributed by atoms with Crippen LogP contribution in [0.15, 0.2) is 12.1 Å². The highest BCUT2D eigenvalue weighted by molar-refractivity contribution is 6.00. The van der Waals surface area contributed by atoms with Crippen LogP contribution in [0.2, 0.25) is 0 Å². The Morgan fingerprint density at radius 3 is 2.26 bits per heavy atom. The van der Waals surface area contributed by atoms with Crippen LogP contribution in [0.1, 0.15) is 60.5 Å². The lowest BCUT2D eigenvalue weighted by Crippen LogP contribution is -2.19. The quantitative estimate of drug-likeness (QED) is 0.747. The van der Waals surface area contributed by atoms with Gasteiger partial charge >= 0.3 is 0 Å². The van der Waals surface area contributed by atoms with Crippen molar-refractivity contribution >= 4 is 5.78 Å². The van der Waals surface area contributed by atoms with Crippen molar-refractivity contribution in [1.82, 2.24) is 0 Å².